The van der Waals surface area contributed by atoms with Gasteiger partial charge in [0.15, 0.2) is 0 Å². The van der Waals surface area contributed by atoms with Gasteiger partial charge in [-0.15, -0.1) is 0 Å². The lowest BCUT2D eigenvalue weighted by molar-refractivity contribution is 0.0438. The van der Waals surface area contributed by atoms with E-state index in [-0.39, 0.29) is 5.92 Å². The van der Waals surface area contributed by atoms with Gasteiger partial charge in [0, 0.05) is 21.8 Å². The van der Waals surface area contributed by atoms with Gasteiger partial charge < -0.3 is 10.2 Å². The summed E-state index contributed by atoms with van der Waals surface area (Å²) in [5.74, 6) is 3.01. The highest BCUT2D eigenvalue weighted by Gasteiger charge is 2.29. The molecule has 0 unspecified atom stereocenters. The highest BCUT2D eigenvalue weighted by molar-refractivity contribution is 9.12. The van der Waals surface area contributed by atoms with Crippen LogP contribution >= 0.6 is 15.9 Å². The summed E-state index contributed by atoms with van der Waals surface area (Å²) in [6.07, 6.45) is 0.0520. The van der Waals surface area contributed by atoms with Crippen LogP contribution in [-0.4, -0.2) is 22.4 Å². The fourth-order valence-corrected chi connectivity index (χ4v) is 1.51. The SMILES string of the molecule is O[C@@H]1C[C@@H](C#CBr)C[C@@H]1O. The van der Waals surface area contributed by atoms with Crippen LogP contribution < -0.4 is 0 Å². The van der Waals surface area contributed by atoms with Gasteiger partial charge in [-0.2, -0.15) is 0 Å². The molecular weight excluding hydrogens is 196 g/mol. The minimum Gasteiger partial charge on any atom is -0.390 e. The topological polar surface area (TPSA) is 40.5 Å². The third kappa shape index (κ3) is 1.72. The van der Waals surface area contributed by atoms with Crippen molar-refractivity contribution in [2.24, 2.45) is 5.92 Å². The molecule has 0 heterocycles. The number of hydrogen-bond acceptors (Lipinski definition) is 2. The summed E-state index contributed by atoms with van der Waals surface area (Å²) in [6.45, 7) is 0. The number of aliphatic hydroxyl groups is 2. The molecule has 0 aliphatic heterocycles. The predicted octanol–water partition coefficient (Wildman–Crippen LogP) is 0.474. The molecule has 2 nitrogen and oxygen atoms in total. The first-order valence-electron chi connectivity index (χ1n) is 3.21. The molecule has 1 rings (SSSR count). The molecule has 0 radical (unpaired) electrons. The molecule has 10 heavy (non-hydrogen) atoms. The van der Waals surface area contributed by atoms with Crippen LogP contribution in [0.15, 0.2) is 0 Å². The largest absolute Gasteiger partial charge is 0.390 e. The van der Waals surface area contributed by atoms with Crippen LogP contribution in [-0.2, 0) is 0 Å². The molecule has 1 aliphatic carbocycles. The average Bonchev–Trinajstić information content (AvgIpc) is 2.14. The van der Waals surface area contributed by atoms with Gasteiger partial charge in [-0.3, -0.25) is 0 Å². The quantitative estimate of drug-likeness (QED) is 0.564. The van der Waals surface area contributed by atoms with Crippen LogP contribution in [0, 0.1) is 16.7 Å². The molecule has 0 aromatic carbocycles. The van der Waals surface area contributed by atoms with E-state index in [1.807, 2.05) is 0 Å². The number of rotatable bonds is 0. The van der Waals surface area contributed by atoms with Crippen molar-refractivity contribution in [3.63, 3.8) is 0 Å². The molecule has 0 bridgehead atoms. The molecule has 0 aromatic heterocycles. The highest BCUT2D eigenvalue weighted by Crippen LogP contribution is 2.25. The Kier molecular flexibility index (Phi) is 2.72. The summed E-state index contributed by atoms with van der Waals surface area (Å²) in [4.78, 5) is 2.59. The van der Waals surface area contributed by atoms with E-state index in [2.05, 4.69) is 26.7 Å². The Hall–Kier alpha value is -0.0400. The molecule has 0 aromatic rings. The zero-order chi connectivity index (χ0) is 7.56. The van der Waals surface area contributed by atoms with Gasteiger partial charge >= 0.3 is 0 Å². The smallest absolute Gasteiger partial charge is 0.0811 e. The van der Waals surface area contributed by atoms with Crippen molar-refractivity contribution in [3.8, 4) is 10.8 Å². The molecule has 1 aliphatic rings. The Morgan fingerprint density at radius 2 is 1.70 bits per heavy atom. The van der Waals surface area contributed by atoms with Crippen LogP contribution in [0.5, 0.6) is 0 Å². The van der Waals surface area contributed by atoms with Crippen LogP contribution in [0.1, 0.15) is 12.8 Å². The first kappa shape index (κ1) is 8.06. The van der Waals surface area contributed by atoms with E-state index < -0.39 is 12.2 Å². The summed E-state index contributed by atoms with van der Waals surface area (Å²) in [5, 5.41) is 18.1. The Bertz CT molecular complexity index is 160. The maximum Gasteiger partial charge on any atom is 0.0811 e. The molecule has 56 valence electrons. The van der Waals surface area contributed by atoms with Gasteiger partial charge in [0.25, 0.3) is 0 Å². The van der Waals surface area contributed by atoms with Gasteiger partial charge in [-0.25, -0.2) is 0 Å². The number of aliphatic hydroxyl groups excluding tert-OH is 2. The number of hydrogen-bond donors (Lipinski definition) is 2. The van der Waals surface area contributed by atoms with Crippen LogP contribution in [0.4, 0.5) is 0 Å². The molecule has 1 fully saturated rings. The van der Waals surface area contributed by atoms with E-state index in [0.29, 0.717) is 12.8 Å². The third-order valence-corrected chi connectivity index (χ3v) is 1.98. The van der Waals surface area contributed by atoms with Crippen molar-refractivity contribution >= 4 is 15.9 Å². The molecule has 3 heteroatoms. The van der Waals surface area contributed by atoms with Crippen LogP contribution in [0.2, 0.25) is 0 Å². The van der Waals surface area contributed by atoms with Crippen LogP contribution in [0.3, 0.4) is 0 Å². The lowest BCUT2D eigenvalue weighted by Crippen LogP contribution is -2.17. The lowest BCUT2D eigenvalue weighted by Gasteiger charge is -2.03. The highest BCUT2D eigenvalue weighted by atomic mass is 79.9. The van der Waals surface area contributed by atoms with E-state index in [1.54, 1.807) is 0 Å². The summed E-state index contributed by atoms with van der Waals surface area (Å²) < 4.78 is 0. The molecule has 2 N–H and O–H groups in total. The fraction of sp³-hybridized carbons (Fsp3) is 0.714. The van der Waals surface area contributed by atoms with Gasteiger partial charge in [0.2, 0.25) is 0 Å². The van der Waals surface area contributed by atoms with E-state index >= 15 is 0 Å². The second-order valence-electron chi connectivity index (χ2n) is 2.54. The minimum absolute atomic E-state index is 0.157. The second kappa shape index (κ2) is 3.38. The maximum atomic E-state index is 9.06. The standard InChI is InChI=1S/C7H9BrO2/c8-2-1-5-3-6(9)7(10)4-5/h5-7,9-10H,3-4H2/t5-,6-,7+. The molecular formula is C7H9BrO2. The Balaban J connectivity index is 2.46. The maximum absolute atomic E-state index is 9.06. The molecule has 0 saturated heterocycles. The summed E-state index contributed by atoms with van der Waals surface area (Å²) >= 11 is 2.97. The molecule has 0 amide bonds. The summed E-state index contributed by atoms with van der Waals surface area (Å²) in [6, 6.07) is 0. The Morgan fingerprint density at radius 3 is 2.10 bits per heavy atom. The summed E-state index contributed by atoms with van der Waals surface area (Å²) in [7, 11) is 0. The monoisotopic (exact) mass is 204 g/mol. The minimum atomic E-state index is -0.571. The van der Waals surface area contributed by atoms with Gasteiger partial charge in [0.1, 0.15) is 0 Å². The Labute approximate surface area is 68.4 Å². The number of halogens is 1. The second-order valence-corrected chi connectivity index (χ2v) is 2.94. The van der Waals surface area contributed by atoms with Gasteiger partial charge in [-0.1, -0.05) is 5.92 Å². The normalized spacial score (nSPS) is 38.9. The van der Waals surface area contributed by atoms with E-state index in [4.69, 9.17) is 10.2 Å². The van der Waals surface area contributed by atoms with Crippen molar-refractivity contribution in [2.75, 3.05) is 0 Å². The summed E-state index contributed by atoms with van der Waals surface area (Å²) in [5.41, 5.74) is 0. The zero-order valence-corrected chi connectivity index (χ0v) is 7.00. The molecule has 3 atom stereocenters. The Morgan fingerprint density at radius 1 is 1.20 bits per heavy atom. The average molecular weight is 205 g/mol. The zero-order valence-electron chi connectivity index (χ0n) is 5.42. The fourth-order valence-electron chi connectivity index (χ4n) is 1.19. The van der Waals surface area contributed by atoms with Crippen LogP contribution in [0.25, 0.3) is 0 Å². The van der Waals surface area contributed by atoms with E-state index in [1.165, 1.54) is 0 Å². The van der Waals surface area contributed by atoms with Crippen molar-refractivity contribution in [1.29, 1.82) is 0 Å². The lowest BCUT2D eigenvalue weighted by atomic mass is 10.1. The van der Waals surface area contributed by atoms with Crippen molar-refractivity contribution in [3.05, 3.63) is 0 Å². The third-order valence-electron chi connectivity index (χ3n) is 1.75. The van der Waals surface area contributed by atoms with Gasteiger partial charge in [-0.05, 0) is 17.7 Å². The first-order valence-corrected chi connectivity index (χ1v) is 4.00. The van der Waals surface area contributed by atoms with E-state index in [9.17, 15) is 0 Å². The van der Waals surface area contributed by atoms with Gasteiger partial charge in [0.05, 0.1) is 12.2 Å². The first-order chi connectivity index (χ1) is 4.74. The molecule has 1 saturated carbocycles. The van der Waals surface area contributed by atoms with Crippen molar-refractivity contribution < 1.29 is 10.2 Å². The van der Waals surface area contributed by atoms with Crippen molar-refractivity contribution in [1.82, 2.24) is 0 Å². The van der Waals surface area contributed by atoms with Crippen molar-refractivity contribution in [2.45, 2.75) is 25.0 Å². The predicted molar refractivity (Wildman–Crippen MR) is 41.4 cm³/mol. The molecule has 0 spiro atoms. The van der Waals surface area contributed by atoms with E-state index in [0.717, 1.165) is 0 Å².